The van der Waals surface area contributed by atoms with E-state index in [1.54, 1.807) is 0 Å². The second-order valence-electron chi connectivity index (χ2n) is 7.59. The molecule has 1 atom stereocenters. The van der Waals surface area contributed by atoms with E-state index in [9.17, 15) is 13.2 Å². The highest BCUT2D eigenvalue weighted by Gasteiger charge is 2.37. The Morgan fingerprint density at radius 3 is 2.54 bits per heavy atom. The second kappa shape index (κ2) is 6.20. The monoisotopic (exact) mass is 354 g/mol. The normalized spacial score (nSPS) is 30.8. The Bertz CT molecular complexity index is 640. The Labute approximate surface area is 143 Å². The van der Waals surface area contributed by atoms with E-state index in [1.165, 1.54) is 0 Å². The first-order chi connectivity index (χ1) is 11.5. The molecule has 2 saturated carbocycles. The molecule has 0 bridgehead atoms. The van der Waals surface area contributed by atoms with Gasteiger partial charge in [-0.2, -0.15) is 0 Å². The summed E-state index contributed by atoms with van der Waals surface area (Å²) in [6.07, 6.45) is 5.28. The zero-order chi connectivity index (χ0) is 16.7. The number of aliphatic imine (C=N–C) groups is 1. The van der Waals surface area contributed by atoms with Gasteiger partial charge in [0, 0.05) is 31.7 Å². The first-order valence-electron chi connectivity index (χ1n) is 9.06. The van der Waals surface area contributed by atoms with Gasteiger partial charge in [0.1, 0.15) is 0 Å². The summed E-state index contributed by atoms with van der Waals surface area (Å²) in [5.74, 6) is 1.65. The van der Waals surface area contributed by atoms with Crippen molar-refractivity contribution in [3.05, 3.63) is 0 Å². The van der Waals surface area contributed by atoms with Crippen molar-refractivity contribution in [3.8, 4) is 0 Å². The number of amides is 1. The quantitative estimate of drug-likeness (QED) is 0.560. The average Bonchev–Trinajstić information content (AvgIpc) is 3.43. The topological polar surface area (TPSA) is 82.1 Å². The fourth-order valence-corrected chi connectivity index (χ4v) is 5.37. The summed E-state index contributed by atoms with van der Waals surface area (Å²) >= 11 is 0. The van der Waals surface area contributed by atoms with Crippen LogP contribution in [0.3, 0.4) is 0 Å². The summed E-state index contributed by atoms with van der Waals surface area (Å²) in [5.41, 5.74) is 0. The molecule has 24 heavy (non-hydrogen) atoms. The standard InChI is InChI=1S/C16H26N4O3S/c21-15-10-19(6-7-20(15)14-3-4-14)16(18-13-1-2-13)17-9-12-5-8-24(22,23)11-12/h12-14H,1-11H2,(H,17,18). The minimum atomic E-state index is -2.86. The molecule has 4 aliphatic rings. The number of sulfone groups is 1. The van der Waals surface area contributed by atoms with Gasteiger partial charge in [-0.1, -0.05) is 0 Å². The maximum absolute atomic E-state index is 12.4. The third kappa shape index (κ3) is 3.84. The lowest BCUT2D eigenvalue weighted by molar-refractivity contribution is -0.135. The molecule has 0 aromatic heterocycles. The molecule has 4 rings (SSSR count). The molecule has 2 aliphatic heterocycles. The molecule has 1 amide bonds. The first-order valence-corrected chi connectivity index (χ1v) is 10.9. The van der Waals surface area contributed by atoms with Crippen LogP contribution in [-0.2, 0) is 14.6 Å². The fraction of sp³-hybridized carbons (Fsp3) is 0.875. The molecule has 1 N–H and O–H groups in total. The van der Waals surface area contributed by atoms with E-state index < -0.39 is 9.84 Å². The molecular weight excluding hydrogens is 328 g/mol. The molecule has 4 fully saturated rings. The number of rotatable bonds is 4. The summed E-state index contributed by atoms with van der Waals surface area (Å²) in [4.78, 5) is 21.1. The fourth-order valence-electron chi connectivity index (χ4n) is 3.52. The molecule has 1 unspecified atom stereocenters. The van der Waals surface area contributed by atoms with Crippen molar-refractivity contribution < 1.29 is 13.2 Å². The van der Waals surface area contributed by atoms with E-state index in [1.807, 2.05) is 9.80 Å². The van der Waals surface area contributed by atoms with Crippen LogP contribution in [0, 0.1) is 5.92 Å². The van der Waals surface area contributed by atoms with E-state index in [0.717, 1.165) is 44.7 Å². The van der Waals surface area contributed by atoms with Gasteiger partial charge < -0.3 is 15.1 Å². The molecule has 2 heterocycles. The van der Waals surface area contributed by atoms with Crippen molar-refractivity contribution in [2.45, 2.75) is 44.2 Å². The highest BCUT2D eigenvalue weighted by molar-refractivity contribution is 7.91. The summed E-state index contributed by atoms with van der Waals surface area (Å²) in [7, 11) is -2.86. The minimum Gasteiger partial charge on any atom is -0.353 e. The van der Waals surface area contributed by atoms with E-state index in [-0.39, 0.29) is 23.3 Å². The van der Waals surface area contributed by atoms with Gasteiger partial charge in [-0.3, -0.25) is 9.79 Å². The molecule has 2 saturated heterocycles. The summed E-state index contributed by atoms with van der Waals surface area (Å²) < 4.78 is 23.2. The number of hydrogen-bond donors (Lipinski definition) is 1. The zero-order valence-electron chi connectivity index (χ0n) is 14.0. The average molecular weight is 354 g/mol. The summed E-state index contributed by atoms with van der Waals surface area (Å²) in [5, 5.41) is 3.44. The van der Waals surface area contributed by atoms with Gasteiger partial charge in [-0.05, 0) is 38.0 Å². The lowest BCUT2D eigenvalue weighted by Crippen LogP contribution is -2.56. The lowest BCUT2D eigenvalue weighted by atomic mass is 10.1. The second-order valence-corrected chi connectivity index (χ2v) is 9.82. The van der Waals surface area contributed by atoms with E-state index in [4.69, 9.17) is 4.99 Å². The highest BCUT2D eigenvalue weighted by Crippen LogP contribution is 2.28. The molecule has 7 nitrogen and oxygen atoms in total. The number of hydrogen-bond acceptors (Lipinski definition) is 4. The van der Waals surface area contributed by atoms with Crippen LogP contribution in [0.15, 0.2) is 4.99 Å². The van der Waals surface area contributed by atoms with Gasteiger partial charge in [0.25, 0.3) is 0 Å². The number of piperazine rings is 1. The van der Waals surface area contributed by atoms with Crippen molar-refractivity contribution in [1.82, 2.24) is 15.1 Å². The van der Waals surface area contributed by atoms with Crippen molar-refractivity contribution in [1.29, 1.82) is 0 Å². The molecule has 2 aliphatic carbocycles. The third-order valence-electron chi connectivity index (χ3n) is 5.28. The Morgan fingerprint density at radius 2 is 1.96 bits per heavy atom. The smallest absolute Gasteiger partial charge is 0.242 e. The van der Waals surface area contributed by atoms with Crippen molar-refractivity contribution in [3.63, 3.8) is 0 Å². The minimum absolute atomic E-state index is 0.120. The van der Waals surface area contributed by atoms with E-state index in [0.29, 0.717) is 31.6 Å². The van der Waals surface area contributed by atoms with Crippen LogP contribution < -0.4 is 5.32 Å². The van der Waals surface area contributed by atoms with Gasteiger partial charge in [0.2, 0.25) is 5.91 Å². The van der Waals surface area contributed by atoms with E-state index >= 15 is 0 Å². The number of guanidine groups is 1. The third-order valence-corrected chi connectivity index (χ3v) is 7.12. The van der Waals surface area contributed by atoms with Crippen molar-refractivity contribution in [2.24, 2.45) is 10.9 Å². The predicted molar refractivity (Wildman–Crippen MR) is 91.5 cm³/mol. The first kappa shape index (κ1) is 16.2. The van der Waals surface area contributed by atoms with Crippen molar-refractivity contribution >= 4 is 21.7 Å². The molecule has 0 aromatic rings. The van der Waals surface area contributed by atoms with Crippen LogP contribution in [-0.4, -0.2) is 79.9 Å². The maximum Gasteiger partial charge on any atom is 0.242 e. The van der Waals surface area contributed by atoms with Gasteiger partial charge in [0.15, 0.2) is 15.8 Å². The summed E-state index contributed by atoms with van der Waals surface area (Å²) in [6.45, 7) is 2.50. The van der Waals surface area contributed by atoms with Gasteiger partial charge in [0.05, 0.1) is 18.1 Å². The van der Waals surface area contributed by atoms with Crippen LogP contribution in [0.1, 0.15) is 32.1 Å². The SMILES string of the molecule is O=C1CN(C(=NCC2CCS(=O)(=O)C2)NC2CC2)CCN1C1CC1. The Hall–Kier alpha value is -1.31. The number of carbonyl (C=O) groups is 1. The molecule has 134 valence electrons. The van der Waals surface area contributed by atoms with Crippen LogP contribution in [0.2, 0.25) is 0 Å². The largest absolute Gasteiger partial charge is 0.353 e. The lowest BCUT2D eigenvalue weighted by Gasteiger charge is -2.36. The molecule has 0 spiro atoms. The van der Waals surface area contributed by atoms with Crippen LogP contribution >= 0.6 is 0 Å². The van der Waals surface area contributed by atoms with Crippen LogP contribution in [0.25, 0.3) is 0 Å². The molecule has 8 heteroatoms. The van der Waals surface area contributed by atoms with Gasteiger partial charge >= 0.3 is 0 Å². The number of carbonyl (C=O) groups excluding carboxylic acids is 1. The number of nitrogens with one attached hydrogen (secondary N) is 1. The maximum atomic E-state index is 12.4. The van der Waals surface area contributed by atoms with Crippen LogP contribution in [0.5, 0.6) is 0 Å². The predicted octanol–water partition coefficient (Wildman–Crippen LogP) is -0.164. The van der Waals surface area contributed by atoms with Gasteiger partial charge in [-0.25, -0.2) is 8.42 Å². The Balaban J connectivity index is 1.39. The molecule has 0 aromatic carbocycles. The van der Waals surface area contributed by atoms with E-state index in [2.05, 4.69) is 5.32 Å². The van der Waals surface area contributed by atoms with Crippen LogP contribution in [0.4, 0.5) is 0 Å². The van der Waals surface area contributed by atoms with Crippen molar-refractivity contribution in [2.75, 3.05) is 37.7 Å². The Kier molecular flexibility index (Phi) is 4.18. The molecular formula is C16H26N4O3S. The zero-order valence-corrected chi connectivity index (χ0v) is 14.8. The van der Waals surface area contributed by atoms with Gasteiger partial charge in [-0.15, -0.1) is 0 Å². The number of nitrogens with zero attached hydrogens (tertiary/aromatic N) is 3. The Morgan fingerprint density at radius 1 is 1.17 bits per heavy atom. The molecule has 0 radical (unpaired) electrons. The summed E-state index contributed by atoms with van der Waals surface area (Å²) in [6, 6.07) is 0.938. The highest BCUT2D eigenvalue weighted by atomic mass is 32.2.